The second-order valence-electron chi connectivity index (χ2n) is 3.60. The quantitative estimate of drug-likeness (QED) is 0.702. The van der Waals surface area contributed by atoms with Gasteiger partial charge in [-0.3, -0.25) is 0 Å². The molecule has 0 spiro atoms. The van der Waals surface area contributed by atoms with Crippen LogP contribution in [0, 0.1) is 0 Å². The van der Waals surface area contributed by atoms with Crippen molar-refractivity contribution in [2.24, 2.45) is 0 Å². The predicted molar refractivity (Wildman–Crippen MR) is 60.5 cm³/mol. The van der Waals surface area contributed by atoms with Crippen LogP contribution < -0.4 is 5.19 Å². The number of rotatable bonds is 3. The van der Waals surface area contributed by atoms with E-state index in [0.717, 1.165) is 28.6 Å². The minimum atomic E-state index is -0.616. The van der Waals surface area contributed by atoms with Gasteiger partial charge in [-0.2, -0.15) is 0 Å². The van der Waals surface area contributed by atoms with E-state index in [2.05, 4.69) is 24.3 Å². The lowest BCUT2D eigenvalue weighted by molar-refractivity contribution is 0.0284. The molecule has 0 aliphatic carbocycles. The molecule has 0 aliphatic heterocycles. The van der Waals surface area contributed by atoms with E-state index in [4.69, 9.17) is 0 Å². The molecule has 72 valence electrons. The molecule has 1 rings (SSSR count). The van der Waals surface area contributed by atoms with Gasteiger partial charge < -0.3 is 5.11 Å². The molecule has 0 fully saturated rings. The fourth-order valence-electron chi connectivity index (χ4n) is 1.52. The predicted octanol–water partition coefficient (Wildman–Crippen LogP) is 0.685. The fraction of sp³-hybridized carbons (Fsp3) is 0.455. The summed E-state index contributed by atoms with van der Waals surface area (Å²) in [6, 6.07) is 8.32. The smallest absolute Gasteiger partial charge is 0.0891 e. The van der Waals surface area contributed by atoms with Crippen LogP contribution in [0.15, 0.2) is 24.3 Å². The van der Waals surface area contributed by atoms with Crippen LogP contribution in [0.3, 0.4) is 0 Å². The van der Waals surface area contributed by atoms with Crippen molar-refractivity contribution in [3.8, 4) is 0 Å². The van der Waals surface area contributed by atoms with Crippen molar-refractivity contribution < 1.29 is 5.11 Å². The zero-order chi connectivity index (χ0) is 9.90. The van der Waals surface area contributed by atoms with E-state index in [1.54, 1.807) is 0 Å². The first-order chi connectivity index (χ1) is 6.12. The molecule has 1 aromatic carbocycles. The van der Waals surface area contributed by atoms with Crippen LogP contribution in [-0.4, -0.2) is 15.3 Å². The lowest BCUT2D eigenvalue weighted by Crippen LogP contribution is -2.23. The molecule has 0 amide bonds. The van der Waals surface area contributed by atoms with Gasteiger partial charge in [0.25, 0.3) is 0 Å². The van der Waals surface area contributed by atoms with Gasteiger partial charge in [0, 0.05) is 10.2 Å². The molecule has 2 heteroatoms. The van der Waals surface area contributed by atoms with Crippen LogP contribution in [0.2, 0.25) is 0 Å². The zero-order valence-electron chi connectivity index (χ0n) is 8.67. The summed E-state index contributed by atoms with van der Waals surface area (Å²) in [5.74, 6) is 0. The molecule has 13 heavy (non-hydrogen) atoms. The van der Waals surface area contributed by atoms with Crippen molar-refractivity contribution in [3.63, 3.8) is 0 Å². The summed E-state index contributed by atoms with van der Waals surface area (Å²) in [6.07, 6.45) is 1.56. The molecule has 0 aromatic heterocycles. The molecule has 0 heterocycles. The van der Waals surface area contributed by atoms with E-state index < -0.39 is 5.60 Å². The van der Waals surface area contributed by atoms with Gasteiger partial charge in [-0.25, -0.2) is 0 Å². The van der Waals surface area contributed by atoms with Crippen molar-refractivity contribution in [2.75, 3.05) is 0 Å². The van der Waals surface area contributed by atoms with Crippen molar-refractivity contribution in [3.05, 3.63) is 29.8 Å². The average molecular weight is 194 g/mol. The topological polar surface area (TPSA) is 20.2 Å². The molecule has 0 radical (unpaired) electrons. The van der Waals surface area contributed by atoms with E-state index in [1.807, 2.05) is 13.8 Å². The third kappa shape index (κ3) is 2.20. The summed E-state index contributed by atoms with van der Waals surface area (Å²) < 4.78 is 0. The molecule has 0 atom stereocenters. The minimum Gasteiger partial charge on any atom is -0.385 e. The Morgan fingerprint density at radius 1 is 1.15 bits per heavy atom. The van der Waals surface area contributed by atoms with Crippen molar-refractivity contribution in [1.29, 1.82) is 0 Å². The summed E-state index contributed by atoms with van der Waals surface area (Å²) in [5.41, 5.74) is 0.437. The van der Waals surface area contributed by atoms with Crippen LogP contribution in [0.4, 0.5) is 0 Å². The highest BCUT2D eigenvalue weighted by atomic mass is 28.1. The number of benzene rings is 1. The lowest BCUT2D eigenvalue weighted by atomic mass is 9.89. The summed E-state index contributed by atoms with van der Waals surface area (Å²) >= 11 is 0. The van der Waals surface area contributed by atoms with Crippen LogP contribution >= 0.6 is 0 Å². The molecular formula is C11H18OSi. The Hall–Kier alpha value is -0.603. The first kappa shape index (κ1) is 10.5. The maximum absolute atomic E-state index is 10.2. The SMILES string of the molecule is CCC(O)(CC)c1ccc([SiH3])cc1. The van der Waals surface area contributed by atoms with Crippen LogP contribution in [-0.2, 0) is 5.60 Å². The average Bonchev–Trinajstić information content (AvgIpc) is 2.18. The van der Waals surface area contributed by atoms with Gasteiger partial charge >= 0.3 is 0 Å². The first-order valence-corrected chi connectivity index (χ1v) is 5.92. The third-order valence-electron chi connectivity index (χ3n) is 2.76. The Morgan fingerprint density at radius 3 is 2.00 bits per heavy atom. The Morgan fingerprint density at radius 2 is 1.62 bits per heavy atom. The monoisotopic (exact) mass is 194 g/mol. The molecule has 0 bridgehead atoms. The largest absolute Gasteiger partial charge is 0.385 e. The second kappa shape index (κ2) is 4.07. The maximum Gasteiger partial charge on any atom is 0.0891 e. The van der Waals surface area contributed by atoms with Crippen LogP contribution in [0.1, 0.15) is 32.3 Å². The summed E-state index contributed by atoms with van der Waals surface area (Å²) in [6.45, 7) is 4.05. The molecular weight excluding hydrogens is 176 g/mol. The van der Waals surface area contributed by atoms with E-state index >= 15 is 0 Å². The van der Waals surface area contributed by atoms with Crippen LogP contribution in [0.25, 0.3) is 0 Å². The molecule has 1 N–H and O–H groups in total. The second-order valence-corrected chi connectivity index (χ2v) is 4.76. The van der Waals surface area contributed by atoms with Gasteiger partial charge in [0.05, 0.1) is 5.60 Å². The van der Waals surface area contributed by atoms with E-state index in [1.165, 1.54) is 5.19 Å². The summed E-state index contributed by atoms with van der Waals surface area (Å²) in [7, 11) is 1.08. The standard InChI is InChI=1S/C11H18OSi/c1-3-11(12,4-2)9-5-7-10(13)8-6-9/h5-8,12H,3-4H2,1-2,13H3. The highest BCUT2D eigenvalue weighted by Crippen LogP contribution is 2.27. The zero-order valence-corrected chi connectivity index (χ0v) is 10.7. The van der Waals surface area contributed by atoms with Gasteiger partial charge in [0.1, 0.15) is 0 Å². The van der Waals surface area contributed by atoms with Crippen molar-refractivity contribution in [1.82, 2.24) is 0 Å². The Labute approximate surface area is 83.2 Å². The molecule has 1 nitrogen and oxygen atoms in total. The number of hydrogen-bond acceptors (Lipinski definition) is 1. The number of aliphatic hydroxyl groups is 1. The highest BCUT2D eigenvalue weighted by molar-refractivity contribution is 6.32. The number of hydrogen-bond donors (Lipinski definition) is 1. The Balaban J connectivity index is 2.99. The van der Waals surface area contributed by atoms with Gasteiger partial charge in [-0.1, -0.05) is 43.3 Å². The summed E-state index contributed by atoms with van der Waals surface area (Å²) in [4.78, 5) is 0. The lowest BCUT2D eigenvalue weighted by Gasteiger charge is -2.25. The normalized spacial score (nSPS) is 11.9. The van der Waals surface area contributed by atoms with Crippen molar-refractivity contribution >= 4 is 15.4 Å². The highest BCUT2D eigenvalue weighted by Gasteiger charge is 2.23. The third-order valence-corrected chi connectivity index (χ3v) is 3.43. The van der Waals surface area contributed by atoms with E-state index in [9.17, 15) is 5.11 Å². The molecule has 0 saturated heterocycles. The molecule has 1 aromatic rings. The van der Waals surface area contributed by atoms with Gasteiger partial charge in [-0.15, -0.1) is 0 Å². The van der Waals surface area contributed by atoms with Crippen LogP contribution in [0.5, 0.6) is 0 Å². The summed E-state index contributed by atoms with van der Waals surface area (Å²) in [5, 5.41) is 11.6. The Bertz CT molecular complexity index is 262. The molecule has 0 saturated carbocycles. The van der Waals surface area contributed by atoms with Crippen molar-refractivity contribution in [2.45, 2.75) is 32.3 Å². The van der Waals surface area contributed by atoms with Gasteiger partial charge in [0.15, 0.2) is 0 Å². The van der Waals surface area contributed by atoms with Gasteiger partial charge in [-0.05, 0) is 18.4 Å². The van der Waals surface area contributed by atoms with Gasteiger partial charge in [0.2, 0.25) is 0 Å². The molecule has 0 unspecified atom stereocenters. The molecule has 0 aliphatic rings. The minimum absolute atomic E-state index is 0.616. The van der Waals surface area contributed by atoms with E-state index in [-0.39, 0.29) is 0 Å². The maximum atomic E-state index is 10.2. The Kier molecular flexibility index (Phi) is 3.28. The fourth-order valence-corrected chi connectivity index (χ4v) is 1.86. The van der Waals surface area contributed by atoms with E-state index in [0.29, 0.717) is 0 Å². The first-order valence-electron chi connectivity index (χ1n) is 4.92.